The van der Waals surface area contributed by atoms with Gasteiger partial charge in [0.1, 0.15) is 6.10 Å². The van der Waals surface area contributed by atoms with Gasteiger partial charge in [0.05, 0.1) is 24.0 Å². The Morgan fingerprint density at radius 1 is 1.02 bits per heavy atom. The Balaban J connectivity index is 1.03. The first-order valence-electron chi connectivity index (χ1n) is 14.1. The number of urea groups is 1. The average molecular weight is 555 g/mol. The molecule has 11 nitrogen and oxygen atoms in total. The van der Waals surface area contributed by atoms with Crippen LogP contribution in [0.15, 0.2) is 65.7 Å². The van der Waals surface area contributed by atoms with E-state index in [0.29, 0.717) is 31.1 Å². The Bertz CT molecular complexity index is 1680. The summed E-state index contributed by atoms with van der Waals surface area (Å²) >= 11 is 0. The minimum absolute atomic E-state index is 0.0810. The second-order valence-corrected chi connectivity index (χ2v) is 12.1. The topological polar surface area (TPSA) is 122 Å². The lowest BCUT2D eigenvalue weighted by Crippen LogP contribution is -2.69. The summed E-state index contributed by atoms with van der Waals surface area (Å²) in [5.74, 6) is 0.299. The zero-order valence-corrected chi connectivity index (χ0v) is 23.2. The SMILES string of the molecule is Cc1cc(N2CC[C@@](C)(c3ccccc3)C2)cn2nc(C(O)CN3CC4(CN(c5cc[nH]c(=O)c5)C4)NC3=O)nc12. The van der Waals surface area contributed by atoms with E-state index in [-0.39, 0.29) is 23.6 Å². The van der Waals surface area contributed by atoms with E-state index in [9.17, 15) is 14.7 Å². The summed E-state index contributed by atoms with van der Waals surface area (Å²) in [5, 5.41) is 18.8. The summed E-state index contributed by atoms with van der Waals surface area (Å²) in [6.07, 6.45) is 3.65. The molecule has 3 saturated heterocycles. The van der Waals surface area contributed by atoms with Crippen molar-refractivity contribution in [2.45, 2.75) is 37.3 Å². The van der Waals surface area contributed by atoms with Crippen molar-refractivity contribution in [3.63, 3.8) is 0 Å². The number of fused-ring (bicyclic) bond motifs is 1. The molecule has 4 aromatic rings. The van der Waals surface area contributed by atoms with Crippen LogP contribution in [0.3, 0.4) is 0 Å². The lowest BCUT2D eigenvalue weighted by atomic mass is 9.82. The zero-order chi connectivity index (χ0) is 28.4. The van der Waals surface area contributed by atoms with Crippen molar-refractivity contribution in [2.24, 2.45) is 0 Å². The van der Waals surface area contributed by atoms with Gasteiger partial charge in [0.15, 0.2) is 11.5 Å². The number of rotatable bonds is 6. The van der Waals surface area contributed by atoms with Crippen molar-refractivity contribution in [3.8, 4) is 0 Å². The molecule has 11 heteroatoms. The molecule has 3 aliphatic rings. The van der Waals surface area contributed by atoms with Gasteiger partial charge in [-0.1, -0.05) is 37.3 Å². The molecule has 2 amide bonds. The summed E-state index contributed by atoms with van der Waals surface area (Å²) < 4.78 is 1.75. The van der Waals surface area contributed by atoms with Crippen LogP contribution in [0, 0.1) is 6.92 Å². The molecule has 0 radical (unpaired) electrons. The van der Waals surface area contributed by atoms with Crippen molar-refractivity contribution in [1.82, 2.24) is 29.8 Å². The molecule has 1 unspecified atom stereocenters. The number of pyridine rings is 2. The maximum Gasteiger partial charge on any atom is 0.318 e. The average Bonchev–Trinajstić information content (AvgIpc) is 3.65. The molecule has 41 heavy (non-hydrogen) atoms. The van der Waals surface area contributed by atoms with Crippen molar-refractivity contribution in [2.75, 3.05) is 49.1 Å². The number of anilines is 2. The van der Waals surface area contributed by atoms with Crippen LogP contribution < -0.4 is 20.7 Å². The lowest BCUT2D eigenvalue weighted by molar-refractivity contribution is 0.120. The second-order valence-electron chi connectivity index (χ2n) is 12.1. The highest BCUT2D eigenvalue weighted by Gasteiger charge is 2.51. The number of carbonyl (C=O) groups is 1. The van der Waals surface area contributed by atoms with Crippen molar-refractivity contribution >= 4 is 23.1 Å². The van der Waals surface area contributed by atoms with E-state index in [4.69, 9.17) is 0 Å². The van der Waals surface area contributed by atoms with Crippen LogP contribution in [0.25, 0.3) is 5.65 Å². The minimum atomic E-state index is -1.02. The van der Waals surface area contributed by atoms with Gasteiger partial charge in [0, 0.05) is 56.1 Å². The lowest BCUT2D eigenvalue weighted by Gasteiger charge is -2.48. The van der Waals surface area contributed by atoms with Gasteiger partial charge in [-0.25, -0.2) is 14.3 Å². The van der Waals surface area contributed by atoms with Crippen LogP contribution in [0.4, 0.5) is 16.2 Å². The molecule has 6 heterocycles. The first kappa shape index (κ1) is 25.6. The number of nitrogens with zero attached hydrogens (tertiary/aromatic N) is 6. The molecule has 0 saturated carbocycles. The number of aliphatic hydroxyl groups is 1. The van der Waals surface area contributed by atoms with Gasteiger partial charge in [0.25, 0.3) is 0 Å². The third-order valence-corrected chi connectivity index (χ3v) is 8.88. The van der Waals surface area contributed by atoms with Crippen molar-refractivity contribution in [1.29, 1.82) is 0 Å². The predicted octanol–water partition coefficient (Wildman–Crippen LogP) is 2.21. The highest BCUT2D eigenvalue weighted by atomic mass is 16.3. The first-order valence-corrected chi connectivity index (χ1v) is 14.1. The third-order valence-electron chi connectivity index (χ3n) is 8.88. The number of aliphatic hydroxyl groups excluding tert-OH is 1. The molecule has 212 valence electrons. The van der Waals surface area contributed by atoms with Gasteiger partial charge < -0.3 is 30.1 Å². The summed E-state index contributed by atoms with van der Waals surface area (Å²) in [6, 6.07) is 16.0. The Labute approximate surface area is 237 Å². The number of aromatic amines is 1. The maximum atomic E-state index is 12.8. The number of aromatic nitrogens is 4. The Kier molecular flexibility index (Phi) is 5.82. The monoisotopic (exact) mass is 554 g/mol. The summed E-state index contributed by atoms with van der Waals surface area (Å²) in [4.78, 5) is 37.8. The molecule has 1 spiro atoms. The predicted molar refractivity (Wildman–Crippen MR) is 155 cm³/mol. The van der Waals surface area contributed by atoms with Gasteiger partial charge in [0.2, 0.25) is 5.56 Å². The molecule has 3 fully saturated rings. The minimum Gasteiger partial charge on any atom is -0.383 e. The van der Waals surface area contributed by atoms with E-state index in [1.165, 1.54) is 5.56 Å². The Morgan fingerprint density at radius 3 is 2.61 bits per heavy atom. The number of carbonyl (C=O) groups excluding carboxylic acids is 1. The van der Waals surface area contributed by atoms with E-state index in [2.05, 4.69) is 73.5 Å². The molecule has 2 atom stereocenters. The molecular weight excluding hydrogens is 520 g/mol. The molecule has 0 aliphatic carbocycles. The molecule has 1 aromatic carbocycles. The summed E-state index contributed by atoms with van der Waals surface area (Å²) in [5.41, 5.74) is 4.46. The number of amides is 2. The number of aryl methyl sites for hydroxylation is 1. The zero-order valence-electron chi connectivity index (χ0n) is 23.2. The van der Waals surface area contributed by atoms with Crippen molar-refractivity contribution in [3.05, 3.63) is 88.2 Å². The molecule has 0 bridgehead atoms. The fourth-order valence-corrected chi connectivity index (χ4v) is 6.62. The van der Waals surface area contributed by atoms with Crippen LogP contribution in [-0.4, -0.2) is 80.4 Å². The number of hydrogen-bond acceptors (Lipinski definition) is 7. The molecule has 7 rings (SSSR count). The van der Waals surface area contributed by atoms with E-state index >= 15 is 0 Å². The van der Waals surface area contributed by atoms with Crippen molar-refractivity contribution < 1.29 is 9.90 Å². The number of H-pyrrole nitrogens is 1. The van der Waals surface area contributed by atoms with E-state index in [1.807, 2.05) is 19.2 Å². The quantitative estimate of drug-likeness (QED) is 0.334. The van der Waals surface area contributed by atoms with Crippen LogP contribution >= 0.6 is 0 Å². The van der Waals surface area contributed by atoms with E-state index in [0.717, 1.165) is 36.4 Å². The first-order chi connectivity index (χ1) is 19.7. The maximum absolute atomic E-state index is 12.8. The number of β-amino-alcohol motifs (C(OH)–C–C–N with tert-alkyl or cyclic N) is 1. The molecule has 3 aromatic heterocycles. The highest BCUT2D eigenvalue weighted by Crippen LogP contribution is 2.37. The Hall–Kier alpha value is -4.38. The van der Waals surface area contributed by atoms with E-state index < -0.39 is 11.6 Å². The van der Waals surface area contributed by atoms with Crippen LogP contribution in [0.5, 0.6) is 0 Å². The van der Waals surface area contributed by atoms with Gasteiger partial charge in [-0.2, -0.15) is 0 Å². The fraction of sp³-hybridized carbons (Fsp3) is 0.400. The molecule has 3 aliphatic heterocycles. The van der Waals surface area contributed by atoms with E-state index in [1.54, 1.807) is 21.7 Å². The third kappa shape index (κ3) is 4.50. The Morgan fingerprint density at radius 2 is 1.83 bits per heavy atom. The normalized spacial score (nSPS) is 22.4. The van der Waals surface area contributed by atoms with Crippen LogP contribution in [0.1, 0.15) is 36.4 Å². The van der Waals surface area contributed by atoms with Crippen LogP contribution in [0.2, 0.25) is 0 Å². The largest absolute Gasteiger partial charge is 0.383 e. The number of nitrogens with one attached hydrogen (secondary N) is 2. The molecular formula is C30H34N8O3. The van der Waals surface area contributed by atoms with Gasteiger partial charge in [-0.05, 0) is 36.6 Å². The highest BCUT2D eigenvalue weighted by molar-refractivity contribution is 5.79. The summed E-state index contributed by atoms with van der Waals surface area (Å²) in [6.45, 7) is 7.96. The van der Waals surface area contributed by atoms with Crippen LogP contribution in [-0.2, 0) is 5.41 Å². The van der Waals surface area contributed by atoms with Gasteiger partial charge in [-0.15, -0.1) is 5.10 Å². The molecule has 3 N–H and O–H groups in total. The van der Waals surface area contributed by atoms with Gasteiger partial charge in [-0.3, -0.25) is 4.79 Å². The van der Waals surface area contributed by atoms with Gasteiger partial charge >= 0.3 is 6.03 Å². The smallest absolute Gasteiger partial charge is 0.318 e. The second kappa shape index (κ2) is 9.34. The number of benzene rings is 1. The fourth-order valence-electron chi connectivity index (χ4n) is 6.62. The summed E-state index contributed by atoms with van der Waals surface area (Å²) in [7, 11) is 0. The standard InChI is InChI=1S/C30H34N8O3/c1-20-12-23(35-11-9-29(2,16-35)21-6-4-3-5-7-21)14-38-27(20)32-26(34-38)24(39)15-36-17-30(33-28(36)41)18-37(19-30)22-8-10-31-25(40)13-22/h3-8,10,12-14,24,39H,9,11,15-19H2,1-2H3,(H,31,40)(H,33,41)/t24?,29-/m1/s1. The number of hydrogen-bond donors (Lipinski definition) is 3.